The largest absolute Gasteiger partial charge is 0.469 e. The Morgan fingerprint density at radius 1 is 1.35 bits per heavy atom. The second-order valence-corrected chi connectivity index (χ2v) is 3.82. The Morgan fingerprint density at radius 3 is 2.88 bits per heavy atom. The van der Waals surface area contributed by atoms with Gasteiger partial charge < -0.3 is 10.1 Å². The highest BCUT2D eigenvalue weighted by atomic mass is 19.1. The molecule has 0 spiro atoms. The number of benzene rings is 1. The lowest BCUT2D eigenvalue weighted by Crippen LogP contribution is -2.03. The Hall–Kier alpha value is -1.58. The molecule has 0 fully saturated rings. The summed E-state index contributed by atoms with van der Waals surface area (Å²) in [4.78, 5) is 10.8. The summed E-state index contributed by atoms with van der Waals surface area (Å²) in [5.41, 5.74) is 0.790. The van der Waals surface area contributed by atoms with Crippen LogP contribution in [0.4, 0.5) is 10.1 Å². The maximum absolute atomic E-state index is 12.8. The zero-order chi connectivity index (χ0) is 12.5. The molecule has 1 rings (SSSR count). The molecule has 0 saturated carbocycles. The summed E-state index contributed by atoms with van der Waals surface area (Å²) in [6, 6.07) is 6.39. The Labute approximate surface area is 101 Å². The summed E-state index contributed by atoms with van der Waals surface area (Å²) in [7, 11) is 1.40. The van der Waals surface area contributed by atoms with Crippen LogP contribution in [-0.2, 0) is 9.53 Å². The third-order valence-corrected chi connectivity index (χ3v) is 2.44. The number of hydrogen-bond acceptors (Lipinski definition) is 3. The van der Waals surface area contributed by atoms with Crippen LogP contribution >= 0.6 is 0 Å². The maximum Gasteiger partial charge on any atom is 0.305 e. The first kappa shape index (κ1) is 13.5. The lowest BCUT2D eigenvalue weighted by molar-refractivity contribution is -0.140. The molecule has 0 bridgehead atoms. The number of carbonyl (C=O) groups is 1. The van der Waals surface area contributed by atoms with Crippen molar-refractivity contribution in [3.63, 3.8) is 0 Å². The summed E-state index contributed by atoms with van der Waals surface area (Å²) in [6.07, 6.45) is 3.21. The Bertz CT molecular complexity index is 355. The van der Waals surface area contributed by atoms with Gasteiger partial charge in [-0.05, 0) is 31.0 Å². The molecule has 4 heteroatoms. The van der Waals surface area contributed by atoms with E-state index in [2.05, 4.69) is 10.1 Å². The van der Waals surface area contributed by atoms with Crippen LogP contribution in [0.15, 0.2) is 24.3 Å². The van der Waals surface area contributed by atoms with Gasteiger partial charge in [0.05, 0.1) is 7.11 Å². The first-order valence-electron chi connectivity index (χ1n) is 5.78. The van der Waals surface area contributed by atoms with Crippen LogP contribution in [0.1, 0.15) is 25.7 Å². The van der Waals surface area contributed by atoms with E-state index < -0.39 is 0 Å². The van der Waals surface area contributed by atoms with Crippen molar-refractivity contribution in [1.29, 1.82) is 0 Å². The van der Waals surface area contributed by atoms with Gasteiger partial charge in [0.2, 0.25) is 0 Å². The van der Waals surface area contributed by atoms with E-state index in [1.165, 1.54) is 19.2 Å². The fourth-order valence-corrected chi connectivity index (χ4v) is 1.50. The number of esters is 1. The van der Waals surface area contributed by atoms with E-state index in [0.29, 0.717) is 6.42 Å². The van der Waals surface area contributed by atoms with Crippen LogP contribution in [0, 0.1) is 5.82 Å². The SMILES string of the molecule is COC(=O)CCCCCNc1cccc(F)c1. The van der Waals surface area contributed by atoms with Gasteiger partial charge in [-0.1, -0.05) is 12.5 Å². The monoisotopic (exact) mass is 239 g/mol. The van der Waals surface area contributed by atoms with Crippen LogP contribution < -0.4 is 5.32 Å². The van der Waals surface area contributed by atoms with E-state index >= 15 is 0 Å². The molecule has 1 aromatic carbocycles. The van der Waals surface area contributed by atoms with Gasteiger partial charge in [-0.25, -0.2) is 4.39 Å². The fraction of sp³-hybridized carbons (Fsp3) is 0.462. The highest BCUT2D eigenvalue weighted by Gasteiger charge is 1.99. The predicted molar refractivity (Wildman–Crippen MR) is 65.4 cm³/mol. The normalized spacial score (nSPS) is 10.0. The number of ether oxygens (including phenoxy) is 1. The number of anilines is 1. The number of carbonyl (C=O) groups excluding carboxylic acids is 1. The van der Waals surface area contributed by atoms with Crippen molar-refractivity contribution in [2.45, 2.75) is 25.7 Å². The van der Waals surface area contributed by atoms with E-state index in [4.69, 9.17) is 0 Å². The molecule has 94 valence electrons. The molecule has 0 radical (unpaired) electrons. The smallest absolute Gasteiger partial charge is 0.305 e. The minimum atomic E-state index is -0.235. The Kier molecular flexibility index (Phi) is 6.07. The topological polar surface area (TPSA) is 38.3 Å². The molecule has 0 aliphatic rings. The highest BCUT2D eigenvalue weighted by molar-refractivity contribution is 5.68. The number of methoxy groups -OCH3 is 1. The molecule has 0 amide bonds. The number of halogens is 1. The van der Waals surface area contributed by atoms with Crippen molar-refractivity contribution < 1.29 is 13.9 Å². The molecule has 1 aromatic rings. The van der Waals surface area contributed by atoms with Gasteiger partial charge in [-0.2, -0.15) is 0 Å². The average Bonchev–Trinajstić information content (AvgIpc) is 2.33. The highest BCUT2D eigenvalue weighted by Crippen LogP contribution is 2.09. The molecular formula is C13H18FNO2. The van der Waals surface area contributed by atoms with E-state index in [9.17, 15) is 9.18 Å². The zero-order valence-corrected chi connectivity index (χ0v) is 10.0. The third kappa shape index (κ3) is 5.90. The Morgan fingerprint density at radius 2 is 2.18 bits per heavy atom. The zero-order valence-electron chi connectivity index (χ0n) is 10.0. The van der Waals surface area contributed by atoms with Crippen molar-refractivity contribution >= 4 is 11.7 Å². The van der Waals surface area contributed by atoms with Gasteiger partial charge in [0.15, 0.2) is 0 Å². The van der Waals surface area contributed by atoms with Crippen molar-refractivity contribution in [3.05, 3.63) is 30.1 Å². The summed E-state index contributed by atoms with van der Waals surface area (Å²) in [5.74, 6) is -0.399. The minimum Gasteiger partial charge on any atom is -0.469 e. The molecular weight excluding hydrogens is 221 g/mol. The molecule has 0 aliphatic heterocycles. The van der Waals surface area contributed by atoms with Crippen LogP contribution in [0.3, 0.4) is 0 Å². The molecule has 0 unspecified atom stereocenters. The van der Waals surface area contributed by atoms with Gasteiger partial charge >= 0.3 is 5.97 Å². The predicted octanol–water partition coefficient (Wildman–Crippen LogP) is 2.97. The van der Waals surface area contributed by atoms with E-state index in [-0.39, 0.29) is 11.8 Å². The van der Waals surface area contributed by atoms with Gasteiger partial charge in [-0.15, -0.1) is 0 Å². The van der Waals surface area contributed by atoms with Crippen LogP contribution in [-0.4, -0.2) is 19.6 Å². The molecule has 0 aromatic heterocycles. The molecule has 0 saturated heterocycles. The second kappa shape index (κ2) is 7.65. The van der Waals surface area contributed by atoms with Crippen molar-refractivity contribution in [1.82, 2.24) is 0 Å². The molecule has 3 nitrogen and oxygen atoms in total. The molecule has 1 N–H and O–H groups in total. The van der Waals surface area contributed by atoms with Crippen molar-refractivity contribution in [2.24, 2.45) is 0 Å². The molecule has 0 aliphatic carbocycles. The number of rotatable bonds is 7. The number of nitrogens with one attached hydrogen (secondary N) is 1. The van der Waals surface area contributed by atoms with E-state index in [1.807, 2.05) is 6.07 Å². The van der Waals surface area contributed by atoms with Gasteiger partial charge in [0.1, 0.15) is 5.82 Å². The van der Waals surface area contributed by atoms with E-state index in [1.54, 1.807) is 6.07 Å². The minimum absolute atomic E-state index is 0.164. The first-order valence-corrected chi connectivity index (χ1v) is 5.78. The van der Waals surface area contributed by atoms with Crippen LogP contribution in [0.5, 0.6) is 0 Å². The van der Waals surface area contributed by atoms with Crippen molar-refractivity contribution in [3.8, 4) is 0 Å². The molecule has 0 atom stereocenters. The fourth-order valence-electron chi connectivity index (χ4n) is 1.50. The summed E-state index contributed by atoms with van der Waals surface area (Å²) in [5, 5.41) is 3.13. The molecule has 17 heavy (non-hydrogen) atoms. The Balaban J connectivity index is 2.06. The number of hydrogen-bond donors (Lipinski definition) is 1. The summed E-state index contributed by atoms with van der Waals surface area (Å²) < 4.78 is 17.4. The standard InChI is InChI=1S/C13H18FNO2/c1-17-13(16)8-3-2-4-9-15-12-7-5-6-11(14)10-12/h5-7,10,15H,2-4,8-9H2,1H3. The van der Waals surface area contributed by atoms with Crippen LogP contribution in [0.25, 0.3) is 0 Å². The summed E-state index contributed by atoms with van der Waals surface area (Å²) >= 11 is 0. The van der Waals surface area contributed by atoms with E-state index in [0.717, 1.165) is 31.5 Å². The third-order valence-electron chi connectivity index (χ3n) is 2.44. The van der Waals surface area contributed by atoms with Crippen LogP contribution in [0.2, 0.25) is 0 Å². The number of unbranched alkanes of at least 4 members (excludes halogenated alkanes) is 2. The lowest BCUT2D eigenvalue weighted by atomic mass is 10.2. The summed E-state index contributed by atoms with van der Waals surface area (Å²) in [6.45, 7) is 0.782. The van der Waals surface area contributed by atoms with Crippen molar-refractivity contribution in [2.75, 3.05) is 19.0 Å². The van der Waals surface area contributed by atoms with Gasteiger partial charge in [-0.3, -0.25) is 4.79 Å². The second-order valence-electron chi connectivity index (χ2n) is 3.82. The molecule has 0 heterocycles. The lowest BCUT2D eigenvalue weighted by Gasteiger charge is -2.05. The van der Waals surface area contributed by atoms with Gasteiger partial charge in [0.25, 0.3) is 0 Å². The van der Waals surface area contributed by atoms with Gasteiger partial charge in [0, 0.05) is 18.7 Å². The average molecular weight is 239 g/mol. The quantitative estimate of drug-likeness (QED) is 0.587. The first-order chi connectivity index (χ1) is 8.22. The maximum atomic E-state index is 12.8.